The van der Waals surface area contributed by atoms with Crippen LogP contribution in [0.1, 0.15) is 39.0 Å². The molecule has 1 aliphatic carbocycles. The van der Waals surface area contributed by atoms with Gasteiger partial charge in [-0.3, -0.25) is 0 Å². The Labute approximate surface area is 111 Å². The van der Waals surface area contributed by atoms with Crippen molar-refractivity contribution >= 4 is 0 Å². The van der Waals surface area contributed by atoms with Crippen LogP contribution in [-0.2, 0) is 14.2 Å². The van der Waals surface area contributed by atoms with Crippen LogP contribution in [-0.4, -0.2) is 52.2 Å². The summed E-state index contributed by atoms with van der Waals surface area (Å²) in [5.41, 5.74) is 0. The van der Waals surface area contributed by atoms with Gasteiger partial charge in [-0.2, -0.15) is 0 Å². The fourth-order valence-corrected chi connectivity index (χ4v) is 1.83. The average molecular weight is 259 g/mol. The van der Waals surface area contributed by atoms with Gasteiger partial charge in [0.2, 0.25) is 0 Å². The third-order valence-electron chi connectivity index (χ3n) is 3.04. The number of rotatable bonds is 13. The van der Waals surface area contributed by atoms with Crippen LogP contribution in [0.5, 0.6) is 0 Å². The molecule has 1 aliphatic rings. The van der Waals surface area contributed by atoms with Crippen molar-refractivity contribution in [2.45, 2.75) is 51.2 Å². The van der Waals surface area contributed by atoms with Crippen LogP contribution in [0.3, 0.4) is 0 Å². The minimum Gasteiger partial charge on any atom is -0.385 e. The molecule has 1 fully saturated rings. The lowest BCUT2D eigenvalue weighted by atomic mass is 10.2. The number of ether oxygens (including phenoxy) is 3. The summed E-state index contributed by atoms with van der Waals surface area (Å²) in [6.07, 6.45) is 6.27. The molecule has 18 heavy (non-hydrogen) atoms. The van der Waals surface area contributed by atoms with Crippen molar-refractivity contribution in [3.05, 3.63) is 0 Å². The Morgan fingerprint density at radius 1 is 1.17 bits per heavy atom. The first-order chi connectivity index (χ1) is 8.86. The summed E-state index contributed by atoms with van der Waals surface area (Å²) < 4.78 is 16.3. The monoisotopic (exact) mass is 259 g/mol. The van der Waals surface area contributed by atoms with Gasteiger partial charge in [-0.05, 0) is 25.7 Å². The Balaban J connectivity index is 1.91. The van der Waals surface area contributed by atoms with E-state index in [1.165, 1.54) is 19.3 Å². The summed E-state index contributed by atoms with van der Waals surface area (Å²) in [5.74, 6) is 0. The van der Waals surface area contributed by atoms with Crippen molar-refractivity contribution < 1.29 is 14.2 Å². The Morgan fingerprint density at radius 3 is 2.67 bits per heavy atom. The number of methoxy groups -OCH3 is 1. The Kier molecular flexibility index (Phi) is 9.48. The van der Waals surface area contributed by atoms with Gasteiger partial charge in [-0.25, -0.2) is 0 Å². The number of nitrogens with one attached hydrogen (secondary N) is 1. The maximum Gasteiger partial charge on any atom is 0.0704 e. The Hall–Kier alpha value is -0.160. The molecule has 4 nitrogen and oxygen atoms in total. The molecule has 1 N–H and O–H groups in total. The van der Waals surface area contributed by atoms with E-state index in [1.54, 1.807) is 7.11 Å². The summed E-state index contributed by atoms with van der Waals surface area (Å²) in [6.45, 7) is 6.11. The summed E-state index contributed by atoms with van der Waals surface area (Å²) >= 11 is 0. The van der Waals surface area contributed by atoms with Crippen molar-refractivity contribution in [1.82, 2.24) is 5.32 Å². The third-order valence-corrected chi connectivity index (χ3v) is 3.04. The van der Waals surface area contributed by atoms with Gasteiger partial charge in [0.25, 0.3) is 0 Å². The first kappa shape index (κ1) is 15.9. The fourth-order valence-electron chi connectivity index (χ4n) is 1.83. The topological polar surface area (TPSA) is 39.7 Å². The van der Waals surface area contributed by atoms with Gasteiger partial charge in [0.1, 0.15) is 0 Å². The zero-order valence-electron chi connectivity index (χ0n) is 12.0. The predicted molar refractivity (Wildman–Crippen MR) is 73.0 cm³/mol. The number of hydrogen-bond acceptors (Lipinski definition) is 4. The van der Waals surface area contributed by atoms with E-state index in [0.717, 1.165) is 38.6 Å². The third kappa shape index (κ3) is 8.86. The van der Waals surface area contributed by atoms with Crippen molar-refractivity contribution in [3.8, 4) is 0 Å². The van der Waals surface area contributed by atoms with Gasteiger partial charge in [-0.15, -0.1) is 0 Å². The standard InChI is InChI=1S/C14H29NO3/c1-3-5-14(12-15-13-6-7-13)18-11-10-17-9-4-8-16-2/h13-15H,3-12H2,1-2H3. The Morgan fingerprint density at radius 2 is 2.00 bits per heavy atom. The predicted octanol–water partition coefficient (Wildman–Crippen LogP) is 1.98. The van der Waals surface area contributed by atoms with Crippen molar-refractivity contribution in [2.24, 2.45) is 0 Å². The summed E-state index contributed by atoms with van der Waals surface area (Å²) in [4.78, 5) is 0. The molecule has 1 atom stereocenters. The molecule has 0 heterocycles. The van der Waals surface area contributed by atoms with Crippen LogP contribution in [0, 0.1) is 0 Å². The largest absolute Gasteiger partial charge is 0.385 e. The lowest BCUT2D eigenvalue weighted by Gasteiger charge is -2.18. The quantitative estimate of drug-likeness (QED) is 0.513. The van der Waals surface area contributed by atoms with Crippen molar-refractivity contribution in [2.75, 3.05) is 40.1 Å². The van der Waals surface area contributed by atoms with E-state index in [1.807, 2.05) is 0 Å². The van der Waals surface area contributed by atoms with Gasteiger partial charge >= 0.3 is 0 Å². The molecule has 0 aromatic rings. The first-order valence-corrected chi connectivity index (χ1v) is 7.28. The lowest BCUT2D eigenvalue weighted by Crippen LogP contribution is -2.31. The zero-order chi connectivity index (χ0) is 13.1. The molecule has 1 unspecified atom stereocenters. The van der Waals surface area contributed by atoms with Crippen molar-refractivity contribution in [3.63, 3.8) is 0 Å². The molecule has 0 bridgehead atoms. The molecule has 0 spiro atoms. The van der Waals surface area contributed by atoms with E-state index in [0.29, 0.717) is 19.3 Å². The van der Waals surface area contributed by atoms with Gasteiger partial charge < -0.3 is 19.5 Å². The van der Waals surface area contributed by atoms with Gasteiger partial charge in [0, 0.05) is 32.9 Å². The molecule has 0 radical (unpaired) electrons. The molecular weight excluding hydrogens is 230 g/mol. The van der Waals surface area contributed by atoms with Crippen LogP contribution in [0.4, 0.5) is 0 Å². The molecule has 0 aromatic carbocycles. The highest BCUT2D eigenvalue weighted by molar-refractivity contribution is 4.82. The van der Waals surface area contributed by atoms with E-state index in [9.17, 15) is 0 Å². The van der Waals surface area contributed by atoms with E-state index in [-0.39, 0.29) is 0 Å². The zero-order valence-corrected chi connectivity index (χ0v) is 12.0. The van der Waals surface area contributed by atoms with Gasteiger partial charge in [0.05, 0.1) is 19.3 Å². The molecule has 1 saturated carbocycles. The molecular formula is C14H29NO3. The summed E-state index contributed by atoms with van der Waals surface area (Å²) in [7, 11) is 1.71. The fraction of sp³-hybridized carbons (Fsp3) is 1.00. The molecule has 1 rings (SSSR count). The average Bonchev–Trinajstić information content (AvgIpc) is 3.18. The highest BCUT2D eigenvalue weighted by atomic mass is 16.5. The van der Waals surface area contributed by atoms with E-state index in [2.05, 4.69) is 12.2 Å². The second-order valence-electron chi connectivity index (χ2n) is 4.92. The van der Waals surface area contributed by atoms with Crippen LogP contribution in [0.2, 0.25) is 0 Å². The molecule has 0 aromatic heterocycles. The van der Waals surface area contributed by atoms with E-state index in [4.69, 9.17) is 14.2 Å². The summed E-state index contributed by atoms with van der Waals surface area (Å²) in [6, 6.07) is 0.762. The maximum atomic E-state index is 5.85. The minimum absolute atomic E-state index is 0.346. The van der Waals surface area contributed by atoms with Crippen molar-refractivity contribution in [1.29, 1.82) is 0 Å². The van der Waals surface area contributed by atoms with Gasteiger partial charge in [-0.1, -0.05) is 13.3 Å². The highest BCUT2D eigenvalue weighted by Gasteiger charge is 2.21. The SMILES string of the molecule is CCCC(CNC1CC1)OCCOCCCOC. The summed E-state index contributed by atoms with van der Waals surface area (Å²) in [5, 5.41) is 3.53. The lowest BCUT2D eigenvalue weighted by molar-refractivity contribution is -0.00163. The maximum absolute atomic E-state index is 5.85. The van der Waals surface area contributed by atoms with Crippen LogP contribution in [0.25, 0.3) is 0 Å². The second-order valence-corrected chi connectivity index (χ2v) is 4.92. The molecule has 4 heteroatoms. The Bertz CT molecular complexity index is 186. The molecule has 0 amide bonds. The van der Waals surface area contributed by atoms with E-state index < -0.39 is 0 Å². The molecule has 0 saturated heterocycles. The second kappa shape index (κ2) is 10.7. The van der Waals surface area contributed by atoms with E-state index >= 15 is 0 Å². The van der Waals surface area contributed by atoms with Crippen LogP contribution >= 0.6 is 0 Å². The number of hydrogen-bond donors (Lipinski definition) is 1. The van der Waals surface area contributed by atoms with Crippen LogP contribution < -0.4 is 5.32 Å². The smallest absolute Gasteiger partial charge is 0.0704 e. The first-order valence-electron chi connectivity index (χ1n) is 7.28. The highest BCUT2D eigenvalue weighted by Crippen LogP contribution is 2.18. The van der Waals surface area contributed by atoms with Gasteiger partial charge in [0.15, 0.2) is 0 Å². The molecule has 108 valence electrons. The normalized spacial score (nSPS) is 17.0. The molecule has 0 aliphatic heterocycles. The minimum atomic E-state index is 0.346. The van der Waals surface area contributed by atoms with Crippen LogP contribution in [0.15, 0.2) is 0 Å².